The van der Waals surface area contributed by atoms with Crippen molar-refractivity contribution in [2.75, 3.05) is 13.1 Å². The molecule has 3 heterocycles. The molecule has 160 valence electrons. The van der Waals surface area contributed by atoms with Crippen molar-refractivity contribution in [2.24, 2.45) is 5.41 Å². The normalized spacial score (nSPS) is 25.9. The van der Waals surface area contributed by atoms with Gasteiger partial charge >= 0.3 is 0 Å². The van der Waals surface area contributed by atoms with Crippen LogP contribution in [0.2, 0.25) is 0 Å². The van der Waals surface area contributed by atoms with E-state index in [1.165, 1.54) is 22.7 Å². The van der Waals surface area contributed by atoms with Crippen LogP contribution in [0.3, 0.4) is 0 Å². The Balaban J connectivity index is 1.44. The lowest BCUT2D eigenvalue weighted by atomic mass is 9.70. The van der Waals surface area contributed by atoms with Gasteiger partial charge in [-0.2, -0.15) is 5.26 Å². The van der Waals surface area contributed by atoms with Crippen LogP contribution in [0.1, 0.15) is 74.7 Å². The van der Waals surface area contributed by atoms with Crippen molar-refractivity contribution in [3.8, 4) is 6.07 Å². The van der Waals surface area contributed by atoms with E-state index in [4.69, 9.17) is 15.0 Å². The Morgan fingerprint density at radius 3 is 2.63 bits per heavy atom. The molecule has 4 rings (SSSR count). The molecule has 2 atom stereocenters. The molecule has 1 aromatic heterocycles. The van der Waals surface area contributed by atoms with Crippen molar-refractivity contribution >= 4 is 11.3 Å². The number of nitriles is 1. The average Bonchev–Trinajstić information content (AvgIpc) is 3.33. The molecule has 1 aromatic carbocycles. The van der Waals surface area contributed by atoms with Gasteiger partial charge in [0, 0.05) is 23.8 Å². The Kier molecular flexibility index (Phi) is 6.03. The zero-order valence-corrected chi connectivity index (χ0v) is 19.5. The van der Waals surface area contributed by atoms with Gasteiger partial charge in [-0.15, -0.1) is 11.3 Å². The number of nitrogens with zero attached hydrogens (tertiary/aromatic N) is 3. The second kappa shape index (κ2) is 8.42. The minimum atomic E-state index is 0.0149. The molecule has 2 aliphatic rings. The molecule has 0 amide bonds. The molecule has 0 aliphatic carbocycles. The van der Waals surface area contributed by atoms with Gasteiger partial charge in [-0.1, -0.05) is 26.0 Å². The number of aryl methyl sites for hydroxylation is 1. The maximum Gasteiger partial charge on any atom is 0.107 e. The minimum Gasteiger partial charge on any atom is -0.372 e. The van der Waals surface area contributed by atoms with Crippen molar-refractivity contribution in [3.05, 3.63) is 51.5 Å². The fourth-order valence-electron chi connectivity index (χ4n) is 4.90. The van der Waals surface area contributed by atoms with Crippen LogP contribution in [0.4, 0.5) is 0 Å². The van der Waals surface area contributed by atoms with Crippen LogP contribution in [-0.2, 0) is 17.7 Å². The second-order valence-electron chi connectivity index (χ2n) is 10.0. The first-order chi connectivity index (χ1) is 14.3. The first-order valence-corrected chi connectivity index (χ1v) is 12.0. The quantitative estimate of drug-likeness (QED) is 0.587. The van der Waals surface area contributed by atoms with Gasteiger partial charge in [0.25, 0.3) is 0 Å². The molecular formula is C25H33N3OS. The van der Waals surface area contributed by atoms with Crippen LogP contribution in [0.15, 0.2) is 29.6 Å². The summed E-state index contributed by atoms with van der Waals surface area (Å²) in [5.41, 5.74) is 3.48. The summed E-state index contributed by atoms with van der Waals surface area (Å²) in [5, 5.41) is 12.5. The molecule has 4 nitrogen and oxygen atoms in total. The van der Waals surface area contributed by atoms with E-state index in [1.54, 1.807) is 11.3 Å². The molecule has 0 bridgehead atoms. The fourth-order valence-corrected chi connectivity index (χ4v) is 5.90. The highest BCUT2D eigenvalue weighted by atomic mass is 32.1. The Morgan fingerprint density at radius 2 is 2.03 bits per heavy atom. The first kappa shape index (κ1) is 21.5. The summed E-state index contributed by atoms with van der Waals surface area (Å²) < 4.78 is 6.39. The van der Waals surface area contributed by atoms with Gasteiger partial charge in [0.05, 0.1) is 35.6 Å². The Bertz CT molecular complexity index is 903. The smallest absolute Gasteiger partial charge is 0.107 e. The molecular weight excluding hydrogens is 390 g/mol. The van der Waals surface area contributed by atoms with Crippen LogP contribution in [-0.4, -0.2) is 34.7 Å². The molecule has 2 fully saturated rings. The predicted octanol–water partition coefficient (Wildman–Crippen LogP) is 5.53. The summed E-state index contributed by atoms with van der Waals surface area (Å²) in [7, 11) is 0. The number of rotatable bonds is 7. The van der Waals surface area contributed by atoms with E-state index >= 15 is 0 Å². The highest BCUT2D eigenvalue weighted by Gasteiger charge is 2.52. The lowest BCUT2D eigenvalue weighted by Crippen LogP contribution is -2.55. The third kappa shape index (κ3) is 4.61. The minimum absolute atomic E-state index is 0.0149. The molecule has 0 radical (unpaired) electrons. The number of likely N-dealkylation sites (tertiary alicyclic amines) is 1. The largest absolute Gasteiger partial charge is 0.372 e. The van der Waals surface area contributed by atoms with Gasteiger partial charge in [-0.3, -0.25) is 4.90 Å². The molecule has 0 saturated carbocycles. The number of ether oxygens (including phenoxy) is 1. The molecule has 30 heavy (non-hydrogen) atoms. The SMILES string of the molecule is CC(C)c1csc(CN2CC[C@@](CCc3ccc(C#N)cc3)([C@H]3CC(C)(C)O3)C2)n1. The maximum absolute atomic E-state index is 9.04. The van der Waals surface area contributed by atoms with Gasteiger partial charge in [0.15, 0.2) is 0 Å². The van der Waals surface area contributed by atoms with Gasteiger partial charge in [0.1, 0.15) is 5.01 Å². The predicted molar refractivity (Wildman–Crippen MR) is 122 cm³/mol. The van der Waals surface area contributed by atoms with Crippen LogP contribution in [0, 0.1) is 16.7 Å². The number of aromatic nitrogens is 1. The zero-order chi connectivity index (χ0) is 21.4. The van der Waals surface area contributed by atoms with E-state index in [9.17, 15) is 0 Å². The van der Waals surface area contributed by atoms with Crippen molar-refractivity contribution in [3.63, 3.8) is 0 Å². The lowest BCUT2D eigenvalue weighted by molar-refractivity contribution is -0.230. The fraction of sp³-hybridized carbons (Fsp3) is 0.600. The second-order valence-corrected chi connectivity index (χ2v) is 11.0. The van der Waals surface area contributed by atoms with E-state index in [2.05, 4.69) is 56.2 Å². The molecule has 0 spiro atoms. The Labute approximate surface area is 184 Å². The van der Waals surface area contributed by atoms with Crippen molar-refractivity contribution < 1.29 is 4.74 Å². The summed E-state index contributed by atoms with van der Waals surface area (Å²) in [6.07, 6.45) is 4.84. The summed E-state index contributed by atoms with van der Waals surface area (Å²) in [6, 6.07) is 10.3. The summed E-state index contributed by atoms with van der Waals surface area (Å²) >= 11 is 1.80. The summed E-state index contributed by atoms with van der Waals surface area (Å²) in [5.74, 6) is 0.491. The highest BCUT2D eigenvalue weighted by molar-refractivity contribution is 7.09. The van der Waals surface area contributed by atoms with Gasteiger partial charge in [0.2, 0.25) is 0 Å². The van der Waals surface area contributed by atoms with E-state index in [-0.39, 0.29) is 11.0 Å². The monoisotopic (exact) mass is 423 g/mol. The summed E-state index contributed by atoms with van der Waals surface area (Å²) in [6.45, 7) is 12.0. The number of benzene rings is 1. The molecule has 2 aromatic rings. The van der Waals surface area contributed by atoms with Crippen molar-refractivity contribution in [1.29, 1.82) is 5.26 Å². The lowest BCUT2D eigenvalue weighted by Gasteiger charge is -2.52. The van der Waals surface area contributed by atoms with E-state index in [1.807, 2.05) is 12.1 Å². The van der Waals surface area contributed by atoms with Gasteiger partial charge in [-0.25, -0.2) is 4.98 Å². The standard InChI is InChI=1S/C25H33N3OS/c1-18(2)21-16-30-23(27-21)15-28-12-11-25(17-28,22-13-24(3,4)29-22)10-9-19-5-7-20(14-26)8-6-19/h5-8,16,18,22H,9-13,15,17H2,1-4H3/t22-,25-/m1/s1. The molecule has 2 saturated heterocycles. The third-order valence-electron chi connectivity index (χ3n) is 6.80. The van der Waals surface area contributed by atoms with Crippen LogP contribution < -0.4 is 0 Å². The molecule has 0 N–H and O–H groups in total. The van der Waals surface area contributed by atoms with Crippen LogP contribution in [0.5, 0.6) is 0 Å². The van der Waals surface area contributed by atoms with E-state index in [0.29, 0.717) is 12.0 Å². The molecule has 2 aliphatic heterocycles. The third-order valence-corrected chi connectivity index (χ3v) is 7.65. The average molecular weight is 424 g/mol. The molecule has 5 heteroatoms. The van der Waals surface area contributed by atoms with E-state index in [0.717, 1.165) is 44.5 Å². The molecule has 0 unspecified atom stereocenters. The number of hydrogen-bond donors (Lipinski definition) is 0. The summed E-state index contributed by atoms with van der Waals surface area (Å²) in [4.78, 5) is 7.43. The van der Waals surface area contributed by atoms with Crippen molar-refractivity contribution in [1.82, 2.24) is 9.88 Å². The number of hydrogen-bond acceptors (Lipinski definition) is 5. The zero-order valence-electron chi connectivity index (χ0n) is 18.6. The van der Waals surface area contributed by atoms with Crippen molar-refractivity contribution in [2.45, 2.75) is 77.5 Å². The van der Waals surface area contributed by atoms with Gasteiger partial charge in [-0.05, 0) is 63.3 Å². The van der Waals surface area contributed by atoms with E-state index < -0.39 is 0 Å². The Hall–Kier alpha value is -1.74. The Morgan fingerprint density at radius 1 is 1.30 bits per heavy atom. The van der Waals surface area contributed by atoms with Crippen LogP contribution in [0.25, 0.3) is 0 Å². The topological polar surface area (TPSA) is 49.2 Å². The number of thiazole rings is 1. The maximum atomic E-state index is 9.04. The van der Waals surface area contributed by atoms with Crippen LogP contribution >= 0.6 is 11.3 Å². The van der Waals surface area contributed by atoms with Gasteiger partial charge < -0.3 is 4.74 Å². The highest BCUT2D eigenvalue weighted by Crippen LogP contribution is 2.49. The first-order valence-electron chi connectivity index (χ1n) is 11.1.